The normalized spacial score (nSPS) is 16.3. The molecule has 0 bridgehead atoms. The van der Waals surface area contributed by atoms with Gasteiger partial charge in [0.05, 0.1) is 6.04 Å². The minimum atomic E-state index is -0.00157. The summed E-state index contributed by atoms with van der Waals surface area (Å²) in [5, 5.41) is 3.08. The zero-order valence-electron chi connectivity index (χ0n) is 12.4. The number of aryl methyl sites for hydroxylation is 1. The SMILES string of the molecule is CC(=O)NC1C(Cc2ccccc2)=Cc2cc(C)ccc21. The van der Waals surface area contributed by atoms with E-state index in [1.165, 1.54) is 27.8 Å². The molecule has 0 fully saturated rings. The number of carbonyl (C=O) groups is 1. The van der Waals surface area contributed by atoms with Gasteiger partial charge < -0.3 is 5.32 Å². The highest BCUT2D eigenvalue weighted by atomic mass is 16.1. The van der Waals surface area contributed by atoms with Crippen LogP contribution in [0.1, 0.15) is 35.2 Å². The summed E-state index contributed by atoms with van der Waals surface area (Å²) in [5.74, 6) is 0.00684. The number of hydrogen-bond acceptors (Lipinski definition) is 1. The van der Waals surface area contributed by atoms with E-state index < -0.39 is 0 Å². The average molecular weight is 277 g/mol. The van der Waals surface area contributed by atoms with Gasteiger partial charge in [-0.1, -0.05) is 60.2 Å². The van der Waals surface area contributed by atoms with Gasteiger partial charge in [0.1, 0.15) is 0 Å². The Balaban J connectivity index is 1.94. The summed E-state index contributed by atoms with van der Waals surface area (Å²) in [5.41, 5.74) is 6.18. The van der Waals surface area contributed by atoms with E-state index in [9.17, 15) is 4.79 Å². The van der Waals surface area contributed by atoms with Crippen LogP contribution >= 0.6 is 0 Å². The van der Waals surface area contributed by atoms with Gasteiger partial charge in [0.25, 0.3) is 0 Å². The van der Waals surface area contributed by atoms with Crippen LogP contribution in [0, 0.1) is 6.92 Å². The maximum absolute atomic E-state index is 11.5. The minimum absolute atomic E-state index is 0.00157. The molecule has 1 aliphatic carbocycles. The zero-order valence-corrected chi connectivity index (χ0v) is 12.4. The first kappa shape index (κ1) is 13.6. The van der Waals surface area contributed by atoms with Gasteiger partial charge >= 0.3 is 0 Å². The monoisotopic (exact) mass is 277 g/mol. The molecule has 2 aromatic rings. The topological polar surface area (TPSA) is 29.1 Å². The zero-order chi connectivity index (χ0) is 14.8. The molecule has 1 amide bonds. The molecule has 1 atom stereocenters. The first-order valence-corrected chi connectivity index (χ1v) is 7.25. The lowest BCUT2D eigenvalue weighted by Gasteiger charge is -2.18. The summed E-state index contributed by atoms with van der Waals surface area (Å²) in [7, 11) is 0. The Labute approximate surface area is 125 Å². The van der Waals surface area contributed by atoms with Crippen molar-refractivity contribution in [1.29, 1.82) is 0 Å². The van der Waals surface area contributed by atoms with Crippen molar-refractivity contribution in [3.63, 3.8) is 0 Å². The lowest BCUT2D eigenvalue weighted by molar-refractivity contribution is -0.119. The molecule has 3 rings (SSSR count). The minimum Gasteiger partial charge on any atom is -0.346 e. The second-order valence-corrected chi connectivity index (χ2v) is 5.65. The molecule has 1 aliphatic rings. The molecule has 0 aliphatic heterocycles. The number of carbonyl (C=O) groups excluding carboxylic acids is 1. The van der Waals surface area contributed by atoms with Crippen molar-refractivity contribution in [3.8, 4) is 0 Å². The molecule has 0 heterocycles. The van der Waals surface area contributed by atoms with Gasteiger partial charge in [-0.05, 0) is 35.6 Å². The van der Waals surface area contributed by atoms with E-state index in [2.05, 4.69) is 60.8 Å². The summed E-state index contributed by atoms with van der Waals surface area (Å²) in [6.45, 7) is 3.67. The number of amides is 1. The van der Waals surface area contributed by atoms with Crippen molar-refractivity contribution in [2.24, 2.45) is 0 Å². The Bertz CT molecular complexity index is 701. The maximum Gasteiger partial charge on any atom is 0.217 e. The van der Waals surface area contributed by atoms with E-state index in [4.69, 9.17) is 0 Å². The van der Waals surface area contributed by atoms with Crippen LogP contribution in [0.3, 0.4) is 0 Å². The smallest absolute Gasteiger partial charge is 0.217 e. The fourth-order valence-electron chi connectivity index (χ4n) is 2.92. The Morgan fingerprint density at radius 1 is 1.14 bits per heavy atom. The molecule has 1 unspecified atom stereocenters. The van der Waals surface area contributed by atoms with Crippen molar-refractivity contribution >= 4 is 12.0 Å². The molecule has 106 valence electrons. The number of nitrogens with one attached hydrogen (secondary N) is 1. The van der Waals surface area contributed by atoms with Gasteiger partial charge in [0.2, 0.25) is 5.91 Å². The lowest BCUT2D eigenvalue weighted by atomic mass is 9.98. The van der Waals surface area contributed by atoms with Crippen LogP contribution in [-0.4, -0.2) is 5.91 Å². The average Bonchev–Trinajstić information content (AvgIpc) is 2.76. The molecule has 2 aromatic carbocycles. The van der Waals surface area contributed by atoms with Gasteiger partial charge in [-0.2, -0.15) is 0 Å². The molecular formula is C19H19NO. The summed E-state index contributed by atoms with van der Waals surface area (Å²) in [6.07, 6.45) is 3.08. The number of rotatable bonds is 3. The van der Waals surface area contributed by atoms with Crippen molar-refractivity contribution in [2.45, 2.75) is 26.3 Å². The third-order valence-electron chi connectivity index (χ3n) is 3.86. The summed E-state index contributed by atoms with van der Waals surface area (Å²) in [4.78, 5) is 11.5. The van der Waals surface area contributed by atoms with Crippen LogP contribution < -0.4 is 5.32 Å². The third kappa shape index (κ3) is 2.89. The Hall–Kier alpha value is -2.35. The van der Waals surface area contributed by atoms with E-state index in [0.717, 1.165) is 6.42 Å². The first-order valence-electron chi connectivity index (χ1n) is 7.25. The summed E-state index contributed by atoms with van der Waals surface area (Å²) >= 11 is 0. The molecule has 0 radical (unpaired) electrons. The van der Waals surface area contributed by atoms with E-state index >= 15 is 0 Å². The Morgan fingerprint density at radius 2 is 1.90 bits per heavy atom. The molecule has 2 heteroatoms. The van der Waals surface area contributed by atoms with E-state index in [0.29, 0.717) is 0 Å². The standard InChI is InChI=1S/C19H19NO/c1-13-8-9-18-16(10-13)12-17(19(18)20-14(2)21)11-15-6-4-3-5-7-15/h3-10,12,19H,11H2,1-2H3,(H,20,21). The highest BCUT2D eigenvalue weighted by molar-refractivity contribution is 5.77. The van der Waals surface area contributed by atoms with Gasteiger partial charge in [0.15, 0.2) is 0 Å². The highest BCUT2D eigenvalue weighted by Gasteiger charge is 2.25. The summed E-state index contributed by atoms with van der Waals surface area (Å²) < 4.78 is 0. The van der Waals surface area contributed by atoms with Crippen LogP contribution in [0.15, 0.2) is 54.1 Å². The van der Waals surface area contributed by atoms with E-state index in [-0.39, 0.29) is 11.9 Å². The fourth-order valence-corrected chi connectivity index (χ4v) is 2.92. The number of fused-ring (bicyclic) bond motifs is 1. The molecule has 1 N–H and O–H groups in total. The van der Waals surface area contributed by atoms with Crippen LogP contribution in [0.25, 0.3) is 6.08 Å². The first-order chi connectivity index (χ1) is 10.1. The van der Waals surface area contributed by atoms with E-state index in [1.54, 1.807) is 6.92 Å². The largest absolute Gasteiger partial charge is 0.346 e. The van der Waals surface area contributed by atoms with Crippen LogP contribution in [0.5, 0.6) is 0 Å². The molecule has 0 saturated carbocycles. The lowest BCUT2D eigenvalue weighted by Crippen LogP contribution is -2.26. The van der Waals surface area contributed by atoms with E-state index in [1.807, 2.05) is 6.07 Å². The van der Waals surface area contributed by atoms with Crippen molar-refractivity contribution < 1.29 is 4.79 Å². The second-order valence-electron chi connectivity index (χ2n) is 5.65. The Kier molecular flexibility index (Phi) is 3.61. The molecule has 2 nitrogen and oxygen atoms in total. The molecule has 0 spiro atoms. The molecule has 0 aromatic heterocycles. The maximum atomic E-state index is 11.5. The second kappa shape index (κ2) is 5.57. The number of hydrogen-bond donors (Lipinski definition) is 1. The van der Waals surface area contributed by atoms with Crippen molar-refractivity contribution in [2.75, 3.05) is 0 Å². The molecular weight excluding hydrogens is 258 g/mol. The van der Waals surface area contributed by atoms with Gasteiger partial charge in [-0.3, -0.25) is 4.79 Å². The Morgan fingerprint density at radius 3 is 2.62 bits per heavy atom. The van der Waals surface area contributed by atoms with Gasteiger partial charge in [0, 0.05) is 6.92 Å². The summed E-state index contributed by atoms with van der Waals surface area (Å²) in [6, 6.07) is 16.8. The predicted molar refractivity (Wildman–Crippen MR) is 85.9 cm³/mol. The predicted octanol–water partition coefficient (Wildman–Crippen LogP) is 3.81. The van der Waals surface area contributed by atoms with Gasteiger partial charge in [-0.15, -0.1) is 0 Å². The van der Waals surface area contributed by atoms with Crippen molar-refractivity contribution in [3.05, 3.63) is 76.4 Å². The molecule has 0 saturated heterocycles. The van der Waals surface area contributed by atoms with Crippen molar-refractivity contribution in [1.82, 2.24) is 5.32 Å². The van der Waals surface area contributed by atoms with Gasteiger partial charge in [-0.25, -0.2) is 0 Å². The highest BCUT2D eigenvalue weighted by Crippen LogP contribution is 2.36. The van der Waals surface area contributed by atoms with Crippen LogP contribution in [0.4, 0.5) is 0 Å². The van der Waals surface area contributed by atoms with Crippen LogP contribution in [0.2, 0.25) is 0 Å². The molecule has 21 heavy (non-hydrogen) atoms. The number of benzene rings is 2. The fraction of sp³-hybridized carbons (Fsp3) is 0.211. The third-order valence-corrected chi connectivity index (χ3v) is 3.86. The van der Waals surface area contributed by atoms with Crippen LogP contribution in [-0.2, 0) is 11.2 Å². The quantitative estimate of drug-likeness (QED) is 0.908.